The van der Waals surface area contributed by atoms with Gasteiger partial charge in [0.05, 0.1) is 17.5 Å². The number of carbonyl (C=O) groups is 1. The molecule has 0 radical (unpaired) electrons. The van der Waals surface area contributed by atoms with Crippen LogP contribution in [-0.4, -0.2) is 34.5 Å². The van der Waals surface area contributed by atoms with Crippen molar-refractivity contribution in [1.29, 1.82) is 0 Å². The van der Waals surface area contributed by atoms with Gasteiger partial charge in [0.15, 0.2) is 0 Å². The molecule has 152 valence electrons. The Morgan fingerprint density at radius 1 is 1.14 bits per heavy atom. The molecule has 29 heavy (non-hydrogen) atoms. The molecule has 0 bridgehead atoms. The number of aryl methyl sites for hydroxylation is 1. The van der Waals surface area contributed by atoms with Crippen molar-refractivity contribution in [2.75, 3.05) is 0 Å². The van der Waals surface area contributed by atoms with Gasteiger partial charge in [0.2, 0.25) is 21.8 Å². The Balaban J connectivity index is 1.47. The smallest absolute Gasteiger partial charge is 0.238 e. The zero-order chi connectivity index (χ0) is 20.9. The van der Waals surface area contributed by atoms with Gasteiger partial charge >= 0.3 is 0 Å². The lowest BCUT2D eigenvalue weighted by Gasteiger charge is -2.14. The lowest BCUT2D eigenvalue weighted by Crippen LogP contribution is -2.26. The summed E-state index contributed by atoms with van der Waals surface area (Å²) in [5.41, 5.74) is 1.68. The lowest BCUT2D eigenvalue weighted by molar-refractivity contribution is -0.121. The molecule has 0 aliphatic carbocycles. The van der Waals surface area contributed by atoms with Gasteiger partial charge < -0.3 is 5.32 Å². The molecule has 10 heteroatoms. The molecule has 0 saturated heterocycles. The minimum absolute atomic E-state index is 0.0370. The average Bonchev–Trinajstić information content (AvgIpc) is 3.17. The summed E-state index contributed by atoms with van der Waals surface area (Å²) < 4.78 is 22.6. The standard InChI is InChI=1S/C19H22N6O3S/c1-14(15-9-11-17(12-10-15)29(20,27)28)21-18(26)8-5-13-25-23-19(22-24-25)16-6-3-2-4-7-16/h2-4,6-7,9-12,14H,5,8,13H2,1H3,(H,21,26)(H2,20,27,28). The van der Waals surface area contributed by atoms with Gasteiger partial charge in [-0.05, 0) is 36.3 Å². The zero-order valence-corrected chi connectivity index (χ0v) is 16.7. The molecule has 3 aromatic rings. The van der Waals surface area contributed by atoms with Gasteiger partial charge in [-0.25, -0.2) is 13.6 Å². The van der Waals surface area contributed by atoms with E-state index in [0.29, 0.717) is 25.2 Å². The maximum Gasteiger partial charge on any atom is 0.238 e. The van der Waals surface area contributed by atoms with E-state index in [0.717, 1.165) is 11.1 Å². The van der Waals surface area contributed by atoms with E-state index in [4.69, 9.17) is 5.14 Å². The van der Waals surface area contributed by atoms with Crippen molar-refractivity contribution in [3.05, 3.63) is 60.2 Å². The summed E-state index contributed by atoms with van der Waals surface area (Å²) in [5.74, 6) is 0.433. The summed E-state index contributed by atoms with van der Waals surface area (Å²) in [6.45, 7) is 2.31. The van der Waals surface area contributed by atoms with Crippen LogP contribution in [0.15, 0.2) is 59.5 Å². The average molecular weight is 414 g/mol. The van der Waals surface area contributed by atoms with E-state index in [-0.39, 0.29) is 16.8 Å². The Morgan fingerprint density at radius 2 is 1.83 bits per heavy atom. The number of sulfonamides is 1. The van der Waals surface area contributed by atoms with E-state index < -0.39 is 10.0 Å². The molecule has 0 fully saturated rings. The van der Waals surface area contributed by atoms with Gasteiger partial charge in [-0.3, -0.25) is 4.79 Å². The molecule has 0 saturated carbocycles. The van der Waals surface area contributed by atoms with E-state index in [2.05, 4.69) is 20.7 Å². The molecule has 0 aliphatic heterocycles. The third-order valence-corrected chi connectivity index (χ3v) is 5.26. The van der Waals surface area contributed by atoms with Crippen molar-refractivity contribution >= 4 is 15.9 Å². The molecule has 9 nitrogen and oxygen atoms in total. The van der Waals surface area contributed by atoms with Crippen LogP contribution in [-0.2, 0) is 21.4 Å². The molecular weight excluding hydrogens is 392 g/mol. The fourth-order valence-corrected chi connectivity index (χ4v) is 3.28. The molecule has 1 aromatic heterocycles. The van der Waals surface area contributed by atoms with Crippen LogP contribution < -0.4 is 10.5 Å². The highest BCUT2D eigenvalue weighted by atomic mass is 32.2. The van der Waals surface area contributed by atoms with Gasteiger partial charge in [0, 0.05) is 12.0 Å². The fourth-order valence-electron chi connectivity index (χ4n) is 2.76. The first-order valence-corrected chi connectivity index (χ1v) is 10.6. The number of benzene rings is 2. The number of hydrogen-bond acceptors (Lipinski definition) is 6. The molecule has 3 rings (SSSR count). The fraction of sp³-hybridized carbons (Fsp3) is 0.263. The highest BCUT2D eigenvalue weighted by Crippen LogP contribution is 2.16. The first-order chi connectivity index (χ1) is 13.8. The molecule has 0 aliphatic rings. The number of nitrogens with one attached hydrogen (secondary N) is 1. The highest BCUT2D eigenvalue weighted by Gasteiger charge is 2.12. The number of carbonyl (C=O) groups excluding carboxylic acids is 1. The van der Waals surface area contributed by atoms with Crippen LogP contribution in [0.5, 0.6) is 0 Å². The molecule has 1 atom stereocenters. The summed E-state index contributed by atoms with van der Waals surface area (Å²) >= 11 is 0. The van der Waals surface area contributed by atoms with Gasteiger partial charge in [-0.15, -0.1) is 10.2 Å². The topological polar surface area (TPSA) is 133 Å². The van der Waals surface area contributed by atoms with Gasteiger partial charge in [0.25, 0.3) is 0 Å². The first-order valence-electron chi connectivity index (χ1n) is 9.08. The predicted octanol–water partition coefficient (Wildman–Crippen LogP) is 1.65. The monoisotopic (exact) mass is 414 g/mol. The SMILES string of the molecule is CC(NC(=O)CCCn1nnc(-c2ccccc2)n1)c1ccc(S(N)(=O)=O)cc1. The lowest BCUT2D eigenvalue weighted by atomic mass is 10.1. The third kappa shape index (κ3) is 5.69. The largest absolute Gasteiger partial charge is 0.350 e. The summed E-state index contributed by atoms with van der Waals surface area (Å²) in [6.07, 6.45) is 0.870. The van der Waals surface area contributed by atoms with E-state index in [9.17, 15) is 13.2 Å². The number of nitrogens with zero attached hydrogens (tertiary/aromatic N) is 4. The second-order valence-electron chi connectivity index (χ2n) is 6.58. The molecule has 1 heterocycles. The number of nitrogens with two attached hydrogens (primary N) is 1. The Kier molecular flexibility index (Phi) is 6.35. The maximum atomic E-state index is 12.2. The summed E-state index contributed by atoms with van der Waals surface area (Å²) in [6, 6.07) is 15.4. The van der Waals surface area contributed by atoms with E-state index in [1.165, 1.54) is 16.9 Å². The highest BCUT2D eigenvalue weighted by molar-refractivity contribution is 7.89. The number of aromatic nitrogens is 4. The van der Waals surface area contributed by atoms with Crippen LogP contribution in [0.4, 0.5) is 0 Å². The number of primary sulfonamides is 1. The molecule has 3 N–H and O–H groups in total. The van der Waals surface area contributed by atoms with Crippen molar-refractivity contribution in [3.8, 4) is 11.4 Å². The maximum absolute atomic E-state index is 12.2. The summed E-state index contributed by atoms with van der Waals surface area (Å²) in [4.78, 5) is 13.7. The van der Waals surface area contributed by atoms with E-state index >= 15 is 0 Å². The molecule has 0 spiro atoms. The normalized spacial score (nSPS) is 12.5. The second kappa shape index (κ2) is 8.93. The Hall–Kier alpha value is -3.11. The van der Waals surface area contributed by atoms with E-state index in [1.54, 1.807) is 12.1 Å². The Bertz CT molecular complexity index is 1060. The first kappa shape index (κ1) is 20.6. The van der Waals surface area contributed by atoms with Gasteiger partial charge in [-0.2, -0.15) is 4.80 Å². The number of rotatable bonds is 8. The number of hydrogen-bond donors (Lipinski definition) is 2. The molecular formula is C19H22N6O3S. The van der Waals surface area contributed by atoms with Crippen LogP contribution in [0.2, 0.25) is 0 Å². The molecule has 1 amide bonds. The van der Waals surface area contributed by atoms with Crippen LogP contribution >= 0.6 is 0 Å². The van der Waals surface area contributed by atoms with Crippen LogP contribution in [0, 0.1) is 0 Å². The van der Waals surface area contributed by atoms with Gasteiger partial charge in [-0.1, -0.05) is 42.5 Å². The number of tetrazole rings is 1. The van der Waals surface area contributed by atoms with Crippen molar-refractivity contribution < 1.29 is 13.2 Å². The van der Waals surface area contributed by atoms with E-state index in [1.807, 2.05) is 37.3 Å². The number of amides is 1. The van der Waals surface area contributed by atoms with Gasteiger partial charge in [0.1, 0.15) is 0 Å². The molecule has 1 unspecified atom stereocenters. The van der Waals surface area contributed by atoms with Crippen molar-refractivity contribution in [2.45, 2.75) is 37.2 Å². The summed E-state index contributed by atoms with van der Waals surface area (Å²) in [7, 11) is -3.73. The Morgan fingerprint density at radius 3 is 2.48 bits per heavy atom. The summed E-state index contributed by atoms with van der Waals surface area (Å²) in [5, 5.41) is 20.3. The van der Waals surface area contributed by atoms with Crippen molar-refractivity contribution in [3.63, 3.8) is 0 Å². The van der Waals surface area contributed by atoms with Crippen molar-refractivity contribution in [2.24, 2.45) is 5.14 Å². The van der Waals surface area contributed by atoms with Crippen LogP contribution in [0.25, 0.3) is 11.4 Å². The predicted molar refractivity (Wildman–Crippen MR) is 107 cm³/mol. The second-order valence-corrected chi connectivity index (χ2v) is 8.14. The minimum Gasteiger partial charge on any atom is -0.350 e. The zero-order valence-electron chi connectivity index (χ0n) is 15.9. The third-order valence-electron chi connectivity index (χ3n) is 4.33. The van der Waals surface area contributed by atoms with Crippen molar-refractivity contribution in [1.82, 2.24) is 25.5 Å². The van der Waals surface area contributed by atoms with Crippen LogP contribution in [0.1, 0.15) is 31.4 Å². The molecule has 2 aromatic carbocycles. The van der Waals surface area contributed by atoms with Crippen LogP contribution in [0.3, 0.4) is 0 Å². The quantitative estimate of drug-likeness (QED) is 0.576. The Labute approximate surface area is 169 Å². The minimum atomic E-state index is -3.73.